The van der Waals surface area contributed by atoms with E-state index in [9.17, 15) is 27.4 Å². The van der Waals surface area contributed by atoms with E-state index in [-0.39, 0.29) is 53.6 Å². The van der Waals surface area contributed by atoms with Crippen molar-refractivity contribution >= 4 is 92.2 Å². The first-order chi connectivity index (χ1) is 31.4. The topological polar surface area (TPSA) is 131 Å². The largest absolute Gasteiger partial charge is 0.462 e. The number of esters is 2. The molecule has 2 amide bonds. The Balaban J connectivity index is 5.38. The highest BCUT2D eigenvalue weighted by Gasteiger charge is 2.36. The molecule has 64 heavy (non-hydrogen) atoms. The van der Waals surface area contributed by atoms with Gasteiger partial charge in [-0.05, 0) is 76.3 Å². The zero-order chi connectivity index (χ0) is 52.1. The summed E-state index contributed by atoms with van der Waals surface area (Å²) in [6, 6.07) is 0. The summed E-state index contributed by atoms with van der Waals surface area (Å²) in [6.45, 7) is 8.24. The highest BCUT2D eigenvalue weighted by atomic mass is 33.2. The van der Waals surface area contributed by atoms with Crippen LogP contribution in [0.3, 0.4) is 0 Å². The fourth-order valence-electron chi connectivity index (χ4n) is 6.96. The van der Waals surface area contributed by atoms with Crippen LogP contribution in [-0.4, -0.2) is 126 Å². The Morgan fingerprint density at radius 1 is 0.734 bits per heavy atom. The molecule has 0 aliphatic rings. The van der Waals surface area contributed by atoms with Crippen LogP contribution in [0, 0.1) is 0 Å². The van der Waals surface area contributed by atoms with Gasteiger partial charge in [0.2, 0.25) is 11.8 Å². The number of ether oxygens (including phenoxy) is 2. The van der Waals surface area contributed by atoms with E-state index in [1.165, 1.54) is 96.3 Å². The average Bonchev–Trinajstić information content (AvgIpc) is 3.23. The number of rotatable bonds is 42. The van der Waals surface area contributed by atoms with Gasteiger partial charge in [0.1, 0.15) is 6.61 Å². The minimum absolute atomic E-state index is 0.0652. The first kappa shape index (κ1) is 57.4. The molecule has 0 saturated heterocycles. The van der Waals surface area contributed by atoms with Crippen molar-refractivity contribution in [1.82, 2.24) is 10.0 Å². The molecule has 3 N–H and O–H groups in total. The molecule has 9 nitrogen and oxygen atoms in total. The number of carbonyl (C=O) groups excluding carboxylic acids is 4. The van der Waals surface area contributed by atoms with Crippen LogP contribution < -0.4 is 10.0 Å². The van der Waals surface area contributed by atoms with Crippen molar-refractivity contribution in [2.45, 2.75) is 187 Å². The van der Waals surface area contributed by atoms with Crippen molar-refractivity contribution in [1.29, 1.82) is 4.50 Å². The van der Waals surface area contributed by atoms with Gasteiger partial charge in [0.05, 0.1) is 11.0 Å². The molecular formula is C47H104N2O7P4S4. The van der Waals surface area contributed by atoms with Crippen molar-refractivity contribution < 1.29 is 33.5 Å². The lowest BCUT2D eigenvalue weighted by molar-refractivity contribution is -0.159. The number of unbranched alkanes of at least 4 members (excludes halogenated alkanes) is 20. The second-order valence-corrected chi connectivity index (χ2v) is 52.7. The lowest BCUT2D eigenvalue weighted by Crippen LogP contribution is -2.39. The fourth-order valence-corrected chi connectivity index (χ4v) is 44.6. The highest BCUT2D eigenvalue weighted by Crippen LogP contribution is 2.90. The first-order valence-electron chi connectivity index (χ1n) is 26.1. The van der Waals surface area contributed by atoms with Crippen LogP contribution in [0.5, 0.6) is 0 Å². The monoisotopic (exact) mass is 1070 g/mol. The predicted molar refractivity (Wildman–Crippen MR) is 308 cm³/mol. The Morgan fingerprint density at radius 3 is 1.64 bits per heavy atom. The van der Waals surface area contributed by atoms with Crippen LogP contribution in [0.2, 0.25) is 0 Å². The predicted octanol–water partition coefficient (Wildman–Crippen LogP) is 13.4. The molecule has 0 aromatic carbocycles. The Bertz CT molecular complexity index is 1560. The Morgan fingerprint density at radius 2 is 1.17 bits per heavy atom. The number of hydrogen-bond acceptors (Lipinski definition) is 7. The van der Waals surface area contributed by atoms with Gasteiger partial charge in [-0.25, -0.2) is 38.8 Å². The summed E-state index contributed by atoms with van der Waals surface area (Å²) in [5, 5.41) is 2.78. The number of carbonyl (C=O) groups is 4. The molecule has 388 valence electrons. The van der Waals surface area contributed by atoms with Gasteiger partial charge < -0.3 is 24.4 Å². The summed E-state index contributed by atoms with van der Waals surface area (Å²) < 4.78 is 52.2. The molecule has 0 saturated carbocycles. The van der Waals surface area contributed by atoms with Crippen molar-refractivity contribution in [3.8, 4) is 0 Å². The normalized spacial score (nSPS) is 19.3. The SMILES string of the molecule is [3H]S(C)(CP=S([3H])(C)(C)CPO)P(C)CS([3H])(C)P(C)S([3H])(C)(C)(C)NC(=O)CCC(=O)NC[C@H](COC(=O)CCCCCCCCCCCCC)OC(=O)CCCCCCCCCCCCC. The maximum atomic E-state index is 13.6. The van der Waals surface area contributed by atoms with Crippen molar-refractivity contribution in [2.75, 3.05) is 86.8 Å². The molecule has 0 aliphatic carbocycles. The molecular weight excluding hydrogens is 957 g/mol. The Labute approximate surface area is 411 Å². The third-order valence-electron chi connectivity index (χ3n) is 11.5. The molecule has 0 aromatic heterocycles. The summed E-state index contributed by atoms with van der Waals surface area (Å²) in [4.78, 5) is 62.0. The van der Waals surface area contributed by atoms with Gasteiger partial charge >= 0.3 is 11.9 Å². The van der Waals surface area contributed by atoms with E-state index in [4.69, 9.17) is 10.6 Å². The molecule has 0 heterocycles. The zero-order valence-corrected chi connectivity index (χ0v) is 49.8. The van der Waals surface area contributed by atoms with Crippen LogP contribution in [0.1, 0.15) is 181 Å². The van der Waals surface area contributed by atoms with Crippen LogP contribution in [-0.2, 0) is 37.8 Å². The van der Waals surface area contributed by atoms with Crippen molar-refractivity contribution in [2.24, 2.45) is 0 Å². The fraction of sp³-hybridized carbons (Fsp3) is 0.915. The second-order valence-electron chi connectivity index (χ2n) is 19.1. The summed E-state index contributed by atoms with van der Waals surface area (Å²) >= 11 is 0. The minimum atomic E-state index is -4.13. The number of hydrogen-bond donors (Lipinski definition) is 7. The van der Waals surface area contributed by atoms with E-state index in [2.05, 4.69) is 30.6 Å². The van der Waals surface area contributed by atoms with Gasteiger partial charge in [-0.15, -0.1) is 0 Å². The average molecular weight is 1070 g/mol. The second kappa shape index (κ2) is 38.6. The smallest absolute Gasteiger partial charge is 0.306 e. The summed E-state index contributed by atoms with van der Waals surface area (Å²) in [6.07, 6.45) is 36.8. The van der Waals surface area contributed by atoms with Crippen LogP contribution in [0.4, 0.5) is 0 Å². The highest BCUT2D eigenvalue weighted by molar-refractivity contribution is 9.09. The maximum absolute atomic E-state index is 13.6. The minimum Gasteiger partial charge on any atom is -0.462 e. The summed E-state index contributed by atoms with van der Waals surface area (Å²) in [5.74, 6) is -1.62. The molecule has 0 aliphatic heterocycles. The summed E-state index contributed by atoms with van der Waals surface area (Å²) in [5.41, 5.74) is 1.53. The van der Waals surface area contributed by atoms with E-state index >= 15 is 0 Å². The standard InChI is InChI=1S/C47H104N2O7P4S4/c1-12-14-16-18-20-22-24-26-28-30-32-34-46(52)55-39-43(56-47(53)35-33-31-29-27-25-23-21-19-17-15-13-2)38-48-44(50)36-37-45(51)49-64(9,10,11)60(4)62(6)42-59(3)61(5)40-58-63(7,8)41-57-54/h43,54,57,61-64H,12-42H2,1-11H3,(H,48,50)(H,49,51)/t43-,59?,60?/m1/s1/i61T,62T,63T,64T. The van der Waals surface area contributed by atoms with Crippen LogP contribution >= 0.6 is 59.3 Å². The molecule has 0 rings (SSSR count). The first-order valence-corrected chi connectivity index (χ1v) is 42.4. The van der Waals surface area contributed by atoms with Gasteiger partial charge in [-0.3, -0.25) is 19.2 Å². The molecule has 0 spiro atoms. The zero-order valence-electron chi connectivity index (χ0n) is 46.9. The van der Waals surface area contributed by atoms with Crippen LogP contribution in [0.25, 0.3) is 0 Å². The van der Waals surface area contributed by atoms with Gasteiger partial charge in [-0.1, -0.05) is 157 Å². The van der Waals surface area contributed by atoms with Gasteiger partial charge in [-0.2, -0.15) is 0 Å². The Hall–Kier alpha value is 0.830. The summed E-state index contributed by atoms with van der Waals surface area (Å²) in [7, 11) is -11.1. The number of thiol groups is 4. The third-order valence-corrected chi connectivity index (χ3v) is 50.8. The van der Waals surface area contributed by atoms with E-state index in [1.807, 2.05) is 31.7 Å². The quantitative estimate of drug-likeness (QED) is 0.0140. The molecule has 0 aromatic rings. The lowest BCUT2D eigenvalue weighted by atomic mass is 10.1. The van der Waals surface area contributed by atoms with Crippen molar-refractivity contribution in [3.63, 3.8) is 0 Å². The third kappa shape index (κ3) is 35.9. The van der Waals surface area contributed by atoms with Gasteiger partial charge in [0, 0.05) is 51.0 Å². The molecule has 0 radical (unpaired) electrons. The molecule has 0 bridgehead atoms. The van der Waals surface area contributed by atoms with Gasteiger partial charge in [0.15, 0.2) is 6.10 Å². The Kier molecular flexibility index (Phi) is 34.6. The van der Waals surface area contributed by atoms with Gasteiger partial charge in [0.25, 0.3) is 0 Å². The number of amides is 2. The van der Waals surface area contributed by atoms with E-state index < -0.39 is 76.2 Å². The molecule has 17 heteroatoms. The maximum Gasteiger partial charge on any atom is 0.306 e. The van der Waals surface area contributed by atoms with E-state index in [0.717, 1.165) is 45.9 Å². The lowest BCUT2D eigenvalue weighted by Gasteiger charge is -2.60. The number of nitrogens with one attached hydrogen (secondary N) is 2. The van der Waals surface area contributed by atoms with Crippen molar-refractivity contribution in [3.05, 3.63) is 0 Å². The van der Waals surface area contributed by atoms with E-state index in [1.54, 1.807) is 18.8 Å². The molecule has 5 unspecified atom stereocenters. The van der Waals surface area contributed by atoms with Crippen LogP contribution in [0.15, 0.2) is 0 Å². The molecule has 0 fully saturated rings. The molecule has 6 atom stereocenters. The van der Waals surface area contributed by atoms with E-state index in [0.29, 0.717) is 22.9 Å².